The molecule has 0 radical (unpaired) electrons. The number of ether oxygens (including phenoxy) is 3. The normalized spacial score (nSPS) is 17.6. The third-order valence-corrected chi connectivity index (χ3v) is 6.51. The van der Waals surface area contributed by atoms with Gasteiger partial charge in [0, 0.05) is 37.1 Å². The Bertz CT molecular complexity index is 1500. The smallest absolute Gasteiger partial charge is 0.454 e. The number of aromatic nitrogens is 3. The molecule has 13 heteroatoms. The molecular weight excluding hydrogens is 527 g/mol. The van der Waals surface area contributed by atoms with Crippen LogP contribution < -0.4 is 15.2 Å². The molecule has 1 atom stereocenters. The molecule has 8 nitrogen and oxygen atoms in total. The molecule has 2 aromatic heterocycles. The van der Waals surface area contributed by atoms with Crippen LogP contribution in [0, 0.1) is 11.6 Å². The van der Waals surface area contributed by atoms with Crippen molar-refractivity contribution in [3.05, 3.63) is 66.3 Å². The quantitative estimate of drug-likeness (QED) is 0.282. The lowest BCUT2D eigenvalue weighted by Gasteiger charge is -2.25. The summed E-state index contributed by atoms with van der Waals surface area (Å²) in [5.74, 6) is -3.35. The Balaban J connectivity index is 1.45. The van der Waals surface area contributed by atoms with Crippen LogP contribution in [-0.2, 0) is 11.2 Å². The summed E-state index contributed by atoms with van der Waals surface area (Å²) in [6.07, 6.45) is 0.487. The molecule has 2 aromatic carbocycles. The summed E-state index contributed by atoms with van der Waals surface area (Å²) in [6, 6.07) is 6.60. The molecule has 3 N–H and O–H groups in total. The number of rotatable bonds is 8. The summed E-state index contributed by atoms with van der Waals surface area (Å²) in [4.78, 5) is 8.71. The summed E-state index contributed by atoms with van der Waals surface area (Å²) in [5, 5.41) is 9.86. The van der Waals surface area contributed by atoms with Crippen molar-refractivity contribution >= 4 is 11.3 Å². The number of anilines is 1. The highest BCUT2D eigenvalue weighted by Gasteiger charge is 2.35. The van der Waals surface area contributed by atoms with E-state index in [0.717, 1.165) is 30.7 Å². The van der Waals surface area contributed by atoms with E-state index >= 15 is 4.39 Å². The zero-order valence-corrected chi connectivity index (χ0v) is 20.3. The van der Waals surface area contributed by atoms with Crippen molar-refractivity contribution in [2.75, 3.05) is 18.9 Å². The Morgan fingerprint density at radius 3 is 2.64 bits per heavy atom. The number of aryl methyl sites for hydroxylation is 1. The lowest BCUT2D eigenvalue weighted by molar-refractivity contribution is -0.275. The number of imidazole rings is 1. The number of nitrogens with two attached hydrogens (primary N) is 1. The number of hydrogen-bond donors (Lipinski definition) is 2. The molecule has 1 unspecified atom stereocenters. The van der Waals surface area contributed by atoms with E-state index in [9.17, 15) is 22.7 Å². The molecule has 1 aliphatic heterocycles. The fourth-order valence-corrected chi connectivity index (χ4v) is 4.64. The molecule has 0 spiro atoms. The standard InChI is InChI=1S/C26H23F5N4O4/c27-17-13-15(38-18-3-1-4-19(21(18)28)39-26(29,30)31)5-6-16(17)22-23-24(32)33-10-11-35(23)20(34-22)7-9-25(14-36)8-2-12-37-25/h1,3-6,10-11,13,36H,2,7-9,12,14H2,(H2,32,33). The van der Waals surface area contributed by atoms with Crippen LogP contribution in [-0.4, -0.2) is 44.7 Å². The monoisotopic (exact) mass is 550 g/mol. The summed E-state index contributed by atoms with van der Waals surface area (Å²) < 4.78 is 83.8. The molecule has 0 saturated carbocycles. The maximum absolute atomic E-state index is 15.3. The second kappa shape index (κ2) is 10.3. The minimum atomic E-state index is -5.10. The van der Waals surface area contributed by atoms with Crippen molar-refractivity contribution in [1.29, 1.82) is 0 Å². The van der Waals surface area contributed by atoms with Crippen LogP contribution in [0.1, 0.15) is 25.1 Å². The van der Waals surface area contributed by atoms with E-state index in [1.54, 1.807) is 10.6 Å². The van der Waals surface area contributed by atoms with Gasteiger partial charge in [-0.15, -0.1) is 13.2 Å². The van der Waals surface area contributed by atoms with Gasteiger partial charge < -0.3 is 25.1 Å². The van der Waals surface area contributed by atoms with Crippen LogP contribution in [0.2, 0.25) is 0 Å². The molecule has 5 rings (SSSR count). The summed E-state index contributed by atoms with van der Waals surface area (Å²) in [7, 11) is 0. The average molecular weight is 550 g/mol. The van der Waals surface area contributed by atoms with Gasteiger partial charge in [-0.05, 0) is 43.5 Å². The molecule has 0 bridgehead atoms. The number of hydrogen-bond acceptors (Lipinski definition) is 7. The van der Waals surface area contributed by atoms with Crippen LogP contribution in [0.3, 0.4) is 0 Å². The fourth-order valence-electron chi connectivity index (χ4n) is 4.64. The van der Waals surface area contributed by atoms with Gasteiger partial charge in [-0.25, -0.2) is 14.4 Å². The first-order chi connectivity index (χ1) is 18.6. The molecule has 1 fully saturated rings. The Kier molecular flexibility index (Phi) is 7.03. The minimum absolute atomic E-state index is 0.0504. The number of nitrogen functional groups attached to an aromatic ring is 1. The van der Waals surface area contributed by atoms with Gasteiger partial charge in [-0.1, -0.05) is 6.07 Å². The van der Waals surface area contributed by atoms with Crippen LogP contribution >= 0.6 is 0 Å². The summed E-state index contributed by atoms with van der Waals surface area (Å²) in [5.41, 5.74) is 6.08. The summed E-state index contributed by atoms with van der Waals surface area (Å²) >= 11 is 0. The number of nitrogens with zero attached hydrogens (tertiary/aromatic N) is 3. The number of fused-ring (bicyclic) bond motifs is 1. The molecule has 3 heterocycles. The number of alkyl halides is 3. The average Bonchev–Trinajstić information content (AvgIpc) is 3.51. The fraction of sp³-hybridized carbons (Fsp3) is 0.308. The number of aliphatic hydroxyl groups excluding tert-OH is 1. The van der Waals surface area contributed by atoms with E-state index in [4.69, 9.17) is 15.2 Å². The molecule has 1 saturated heterocycles. The first kappa shape index (κ1) is 26.6. The largest absolute Gasteiger partial charge is 0.573 e. The van der Waals surface area contributed by atoms with Crippen molar-refractivity contribution in [3.63, 3.8) is 0 Å². The van der Waals surface area contributed by atoms with E-state index in [-0.39, 0.29) is 29.4 Å². The van der Waals surface area contributed by atoms with Gasteiger partial charge in [0.25, 0.3) is 0 Å². The second-order valence-electron chi connectivity index (χ2n) is 9.06. The van der Waals surface area contributed by atoms with Crippen molar-refractivity contribution in [2.45, 2.75) is 37.6 Å². The van der Waals surface area contributed by atoms with Gasteiger partial charge in [-0.3, -0.25) is 4.40 Å². The van der Waals surface area contributed by atoms with Gasteiger partial charge >= 0.3 is 6.36 Å². The topological polar surface area (TPSA) is 104 Å². The molecule has 206 valence electrons. The van der Waals surface area contributed by atoms with Crippen molar-refractivity contribution in [1.82, 2.24) is 14.4 Å². The zero-order valence-electron chi connectivity index (χ0n) is 20.3. The highest BCUT2D eigenvalue weighted by Crippen LogP contribution is 2.37. The predicted molar refractivity (Wildman–Crippen MR) is 129 cm³/mol. The van der Waals surface area contributed by atoms with Gasteiger partial charge in [0.05, 0.1) is 12.2 Å². The van der Waals surface area contributed by atoms with Crippen LogP contribution in [0.4, 0.5) is 27.8 Å². The van der Waals surface area contributed by atoms with Gasteiger partial charge in [-0.2, -0.15) is 4.39 Å². The summed E-state index contributed by atoms with van der Waals surface area (Å²) in [6.45, 7) is 0.434. The van der Waals surface area contributed by atoms with Gasteiger partial charge in [0.15, 0.2) is 11.5 Å². The first-order valence-electron chi connectivity index (χ1n) is 12.0. The Morgan fingerprint density at radius 1 is 1.15 bits per heavy atom. The Labute approximate surface area is 218 Å². The highest BCUT2D eigenvalue weighted by atomic mass is 19.4. The first-order valence-corrected chi connectivity index (χ1v) is 12.0. The van der Waals surface area contributed by atoms with Crippen molar-refractivity contribution in [2.24, 2.45) is 0 Å². The maximum Gasteiger partial charge on any atom is 0.573 e. The van der Waals surface area contributed by atoms with E-state index in [1.165, 1.54) is 18.3 Å². The molecule has 39 heavy (non-hydrogen) atoms. The lowest BCUT2D eigenvalue weighted by atomic mass is 9.95. The SMILES string of the molecule is Nc1nccn2c(CCC3(CO)CCCO3)nc(-c3ccc(Oc4cccc(OC(F)(F)F)c4F)cc3F)c12. The van der Waals surface area contributed by atoms with E-state index in [2.05, 4.69) is 14.7 Å². The maximum atomic E-state index is 15.3. The molecule has 4 aromatic rings. The number of aliphatic hydroxyl groups is 1. The van der Waals surface area contributed by atoms with Crippen molar-refractivity contribution in [3.8, 4) is 28.5 Å². The van der Waals surface area contributed by atoms with E-state index in [1.807, 2.05) is 0 Å². The van der Waals surface area contributed by atoms with Crippen molar-refractivity contribution < 1.29 is 41.3 Å². The highest BCUT2D eigenvalue weighted by molar-refractivity contribution is 5.85. The second-order valence-corrected chi connectivity index (χ2v) is 9.06. The van der Waals surface area contributed by atoms with Crippen LogP contribution in [0.25, 0.3) is 16.8 Å². The number of benzene rings is 2. The van der Waals surface area contributed by atoms with Gasteiger partial charge in [0.2, 0.25) is 5.82 Å². The van der Waals surface area contributed by atoms with Crippen LogP contribution in [0.5, 0.6) is 17.2 Å². The molecular formula is C26H23F5N4O4. The molecule has 0 amide bonds. The zero-order chi connectivity index (χ0) is 27.8. The lowest BCUT2D eigenvalue weighted by Crippen LogP contribution is -2.33. The minimum Gasteiger partial charge on any atom is -0.454 e. The third-order valence-electron chi connectivity index (χ3n) is 6.51. The van der Waals surface area contributed by atoms with Gasteiger partial charge in [0.1, 0.15) is 34.4 Å². The van der Waals surface area contributed by atoms with E-state index < -0.39 is 35.1 Å². The Hall–Kier alpha value is -3.97. The Morgan fingerprint density at radius 2 is 1.95 bits per heavy atom. The molecule has 0 aliphatic carbocycles. The molecule has 1 aliphatic rings. The predicted octanol–water partition coefficient (Wildman–Crippen LogP) is 5.42. The third kappa shape index (κ3) is 5.45. The number of halogens is 5. The van der Waals surface area contributed by atoms with Crippen LogP contribution in [0.15, 0.2) is 48.8 Å². The van der Waals surface area contributed by atoms with E-state index in [0.29, 0.717) is 37.2 Å².